The van der Waals surface area contributed by atoms with E-state index in [-0.39, 0.29) is 5.56 Å². The van der Waals surface area contributed by atoms with Crippen LogP contribution in [0.5, 0.6) is 0 Å². The standard InChI is InChI=1S/C9H9N3OS/c13-8-2-1-7(5-12-8)11-6-9-10-3-4-14-9/h1-5,11H,6H2,(H,12,13). The largest absolute Gasteiger partial charge is 0.377 e. The molecule has 0 unspecified atom stereocenters. The van der Waals surface area contributed by atoms with Crippen LogP contribution < -0.4 is 10.9 Å². The minimum absolute atomic E-state index is 0.0928. The van der Waals surface area contributed by atoms with E-state index in [0.717, 1.165) is 10.7 Å². The Hall–Kier alpha value is -1.62. The number of aromatic nitrogens is 2. The zero-order valence-electron chi connectivity index (χ0n) is 7.36. The van der Waals surface area contributed by atoms with Crippen LogP contribution in [0.25, 0.3) is 0 Å². The molecule has 0 bridgehead atoms. The molecule has 2 aromatic heterocycles. The Morgan fingerprint density at radius 2 is 2.43 bits per heavy atom. The molecule has 0 fully saturated rings. The molecular formula is C9H9N3OS. The fourth-order valence-corrected chi connectivity index (χ4v) is 1.59. The maximum absolute atomic E-state index is 10.8. The molecule has 0 atom stereocenters. The molecule has 0 aliphatic heterocycles. The van der Waals surface area contributed by atoms with Crippen LogP contribution in [0, 0.1) is 0 Å². The van der Waals surface area contributed by atoms with Crippen molar-refractivity contribution in [3.63, 3.8) is 0 Å². The van der Waals surface area contributed by atoms with Gasteiger partial charge in [0, 0.05) is 23.8 Å². The molecule has 0 saturated carbocycles. The summed E-state index contributed by atoms with van der Waals surface area (Å²) in [5, 5.41) is 6.11. The van der Waals surface area contributed by atoms with Gasteiger partial charge in [-0.05, 0) is 6.07 Å². The van der Waals surface area contributed by atoms with Crippen molar-refractivity contribution in [3.05, 3.63) is 45.3 Å². The summed E-state index contributed by atoms with van der Waals surface area (Å²) < 4.78 is 0. The van der Waals surface area contributed by atoms with Crippen LogP contribution in [0.3, 0.4) is 0 Å². The van der Waals surface area contributed by atoms with Crippen LogP contribution in [0.2, 0.25) is 0 Å². The molecule has 5 heteroatoms. The van der Waals surface area contributed by atoms with E-state index in [0.29, 0.717) is 6.54 Å². The minimum atomic E-state index is -0.0928. The first-order valence-corrected chi connectivity index (χ1v) is 5.03. The number of rotatable bonds is 3. The maximum atomic E-state index is 10.8. The zero-order chi connectivity index (χ0) is 9.80. The monoisotopic (exact) mass is 207 g/mol. The van der Waals surface area contributed by atoms with E-state index in [2.05, 4.69) is 15.3 Å². The average Bonchev–Trinajstić information content (AvgIpc) is 2.70. The number of hydrogen-bond acceptors (Lipinski definition) is 4. The molecule has 0 aliphatic carbocycles. The lowest BCUT2D eigenvalue weighted by Crippen LogP contribution is -2.05. The summed E-state index contributed by atoms with van der Waals surface area (Å²) >= 11 is 1.60. The SMILES string of the molecule is O=c1ccc(NCc2nccs2)c[nH]1. The Labute approximate surface area is 84.6 Å². The van der Waals surface area contributed by atoms with Gasteiger partial charge in [0.2, 0.25) is 5.56 Å². The Balaban J connectivity index is 1.99. The Kier molecular flexibility index (Phi) is 2.60. The fraction of sp³-hybridized carbons (Fsp3) is 0.111. The smallest absolute Gasteiger partial charge is 0.248 e. The first kappa shape index (κ1) is 8.96. The van der Waals surface area contributed by atoms with Crippen molar-refractivity contribution in [1.82, 2.24) is 9.97 Å². The summed E-state index contributed by atoms with van der Waals surface area (Å²) in [7, 11) is 0. The molecule has 0 saturated heterocycles. The predicted molar refractivity (Wildman–Crippen MR) is 56.5 cm³/mol. The number of hydrogen-bond donors (Lipinski definition) is 2. The average molecular weight is 207 g/mol. The molecule has 0 spiro atoms. The lowest BCUT2D eigenvalue weighted by Gasteiger charge is -2.02. The highest BCUT2D eigenvalue weighted by molar-refractivity contribution is 7.09. The van der Waals surface area contributed by atoms with Crippen LogP contribution in [-0.2, 0) is 6.54 Å². The van der Waals surface area contributed by atoms with Crippen LogP contribution in [0.15, 0.2) is 34.7 Å². The lowest BCUT2D eigenvalue weighted by atomic mass is 10.4. The summed E-state index contributed by atoms with van der Waals surface area (Å²) in [5.74, 6) is 0. The van der Waals surface area contributed by atoms with Gasteiger partial charge in [-0.3, -0.25) is 4.79 Å². The second-order valence-corrected chi connectivity index (χ2v) is 3.70. The van der Waals surface area contributed by atoms with Crippen LogP contribution in [-0.4, -0.2) is 9.97 Å². The number of aromatic amines is 1. The van der Waals surface area contributed by atoms with Crippen molar-refractivity contribution in [3.8, 4) is 0 Å². The lowest BCUT2D eigenvalue weighted by molar-refractivity contribution is 1.09. The second-order valence-electron chi connectivity index (χ2n) is 2.72. The first-order valence-electron chi connectivity index (χ1n) is 4.15. The normalized spacial score (nSPS) is 10.0. The number of nitrogens with zero attached hydrogens (tertiary/aromatic N) is 1. The Morgan fingerprint density at radius 3 is 3.07 bits per heavy atom. The number of H-pyrrole nitrogens is 1. The van der Waals surface area contributed by atoms with Crippen LogP contribution in [0.1, 0.15) is 5.01 Å². The van der Waals surface area contributed by atoms with E-state index in [9.17, 15) is 4.79 Å². The van der Waals surface area contributed by atoms with Gasteiger partial charge in [-0.2, -0.15) is 0 Å². The van der Waals surface area contributed by atoms with Crippen LogP contribution in [0.4, 0.5) is 5.69 Å². The minimum Gasteiger partial charge on any atom is -0.377 e. The van der Waals surface area contributed by atoms with Gasteiger partial charge in [0.05, 0.1) is 12.2 Å². The third-order valence-corrected chi connectivity index (χ3v) is 2.49. The van der Waals surface area contributed by atoms with E-state index in [1.165, 1.54) is 6.07 Å². The van der Waals surface area contributed by atoms with Crippen molar-refractivity contribution >= 4 is 17.0 Å². The maximum Gasteiger partial charge on any atom is 0.248 e. The van der Waals surface area contributed by atoms with E-state index < -0.39 is 0 Å². The highest BCUT2D eigenvalue weighted by Gasteiger charge is 1.95. The van der Waals surface area contributed by atoms with Gasteiger partial charge in [-0.15, -0.1) is 11.3 Å². The third-order valence-electron chi connectivity index (χ3n) is 1.71. The van der Waals surface area contributed by atoms with Gasteiger partial charge >= 0.3 is 0 Å². The summed E-state index contributed by atoms with van der Waals surface area (Å²) in [6, 6.07) is 3.23. The molecule has 4 nitrogen and oxygen atoms in total. The van der Waals surface area contributed by atoms with Crippen molar-refractivity contribution in [2.45, 2.75) is 6.54 Å². The van der Waals surface area contributed by atoms with Crippen molar-refractivity contribution in [2.24, 2.45) is 0 Å². The number of nitrogens with one attached hydrogen (secondary N) is 2. The van der Waals surface area contributed by atoms with E-state index in [4.69, 9.17) is 0 Å². The molecule has 0 aromatic carbocycles. The first-order chi connectivity index (χ1) is 6.84. The van der Waals surface area contributed by atoms with Gasteiger partial charge in [-0.25, -0.2) is 4.98 Å². The van der Waals surface area contributed by atoms with Gasteiger partial charge in [0.1, 0.15) is 5.01 Å². The highest BCUT2D eigenvalue weighted by Crippen LogP contribution is 2.07. The van der Waals surface area contributed by atoms with Crippen molar-refractivity contribution < 1.29 is 0 Å². The molecule has 2 aromatic rings. The number of pyridine rings is 1. The third kappa shape index (κ3) is 2.20. The second kappa shape index (κ2) is 4.06. The molecule has 0 radical (unpaired) electrons. The number of anilines is 1. The van der Waals surface area contributed by atoms with E-state index in [1.54, 1.807) is 29.8 Å². The molecule has 72 valence electrons. The summed E-state index contributed by atoms with van der Waals surface area (Å²) in [6.45, 7) is 0.684. The summed E-state index contributed by atoms with van der Waals surface area (Å²) in [6.07, 6.45) is 3.42. The number of thiazole rings is 1. The molecule has 2 N–H and O–H groups in total. The quantitative estimate of drug-likeness (QED) is 0.800. The molecule has 2 heterocycles. The fourth-order valence-electron chi connectivity index (χ4n) is 1.04. The van der Waals surface area contributed by atoms with Crippen LogP contribution >= 0.6 is 11.3 Å². The molecule has 14 heavy (non-hydrogen) atoms. The topological polar surface area (TPSA) is 57.8 Å². The van der Waals surface area contributed by atoms with Gasteiger partial charge in [0.15, 0.2) is 0 Å². The summed E-state index contributed by atoms with van der Waals surface area (Å²) in [5.41, 5.74) is 0.796. The van der Waals surface area contributed by atoms with Gasteiger partial charge in [0.25, 0.3) is 0 Å². The molecular weight excluding hydrogens is 198 g/mol. The predicted octanol–water partition coefficient (Wildman–Crippen LogP) is 1.44. The van der Waals surface area contributed by atoms with E-state index >= 15 is 0 Å². The van der Waals surface area contributed by atoms with Gasteiger partial charge < -0.3 is 10.3 Å². The zero-order valence-corrected chi connectivity index (χ0v) is 8.17. The molecule has 0 aliphatic rings. The molecule has 2 rings (SSSR count). The van der Waals surface area contributed by atoms with Gasteiger partial charge in [-0.1, -0.05) is 0 Å². The van der Waals surface area contributed by atoms with E-state index in [1.807, 2.05) is 5.38 Å². The Morgan fingerprint density at radius 1 is 1.50 bits per heavy atom. The van der Waals surface area contributed by atoms with Crippen molar-refractivity contribution in [2.75, 3.05) is 5.32 Å². The molecule has 0 amide bonds. The summed E-state index contributed by atoms with van der Waals surface area (Å²) in [4.78, 5) is 17.5. The Bertz CT molecular complexity index is 429. The highest BCUT2D eigenvalue weighted by atomic mass is 32.1. The van der Waals surface area contributed by atoms with Crippen molar-refractivity contribution in [1.29, 1.82) is 0 Å².